The zero-order valence-corrected chi connectivity index (χ0v) is 7.50. The lowest BCUT2D eigenvalue weighted by Crippen LogP contribution is -1.89. The molecule has 0 unspecified atom stereocenters. The van der Waals surface area contributed by atoms with Gasteiger partial charge in [-0.25, -0.2) is 4.39 Å². The molecule has 1 nitrogen and oxygen atoms in total. The molecule has 0 amide bonds. The lowest BCUT2D eigenvalue weighted by atomic mass is 10.2. The maximum Gasteiger partial charge on any atom is 0.125 e. The summed E-state index contributed by atoms with van der Waals surface area (Å²) in [6.45, 7) is 0. The van der Waals surface area contributed by atoms with Gasteiger partial charge in [0.2, 0.25) is 0 Å². The monoisotopic (exact) mass is 186 g/mol. The molecule has 2 rings (SSSR count). The van der Waals surface area contributed by atoms with Crippen molar-refractivity contribution >= 4 is 11.4 Å². The number of halogens is 1. The third kappa shape index (κ3) is 2.10. The normalized spacial score (nSPS) is 9.79. The highest BCUT2D eigenvalue weighted by Crippen LogP contribution is 2.15. The second-order valence-electron chi connectivity index (χ2n) is 2.91. The fourth-order valence-electron chi connectivity index (χ4n) is 1.19. The number of anilines is 2. The Kier molecular flexibility index (Phi) is 2.45. The minimum atomic E-state index is -0.245. The highest BCUT2D eigenvalue weighted by molar-refractivity contribution is 5.58. The van der Waals surface area contributed by atoms with Crippen molar-refractivity contribution in [2.24, 2.45) is 0 Å². The van der Waals surface area contributed by atoms with Crippen LogP contribution in [0.1, 0.15) is 0 Å². The van der Waals surface area contributed by atoms with E-state index in [-0.39, 0.29) is 5.82 Å². The molecular formula is C12H9FN. The van der Waals surface area contributed by atoms with E-state index in [1.807, 2.05) is 30.3 Å². The van der Waals surface area contributed by atoms with Gasteiger partial charge in [-0.2, -0.15) is 0 Å². The van der Waals surface area contributed by atoms with Crippen molar-refractivity contribution in [2.75, 3.05) is 5.32 Å². The van der Waals surface area contributed by atoms with E-state index >= 15 is 0 Å². The van der Waals surface area contributed by atoms with Gasteiger partial charge in [-0.15, -0.1) is 0 Å². The molecule has 14 heavy (non-hydrogen) atoms. The van der Waals surface area contributed by atoms with E-state index in [1.165, 1.54) is 12.1 Å². The van der Waals surface area contributed by atoms with Crippen LogP contribution in [0.4, 0.5) is 15.8 Å². The van der Waals surface area contributed by atoms with Crippen molar-refractivity contribution < 1.29 is 4.39 Å². The van der Waals surface area contributed by atoms with Gasteiger partial charge in [0, 0.05) is 17.4 Å². The van der Waals surface area contributed by atoms with Crippen LogP contribution in [-0.2, 0) is 0 Å². The minimum Gasteiger partial charge on any atom is -0.355 e. The average Bonchev–Trinajstić information content (AvgIpc) is 2.19. The first kappa shape index (κ1) is 8.75. The summed E-state index contributed by atoms with van der Waals surface area (Å²) in [6.07, 6.45) is 0. The zero-order valence-electron chi connectivity index (χ0n) is 7.50. The van der Waals surface area contributed by atoms with Crippen molar-refractivity contribution in [3.8, 4) is 0 Å². The molecule has 1 radical (unpaired) electrons. The molecular weight excluding hydrogens is 177 g/mol. The molecule has 0 saturated heterocycles. The van der Waals surface area contributed by atoms with Crippen LogP contribution in [0.5, 0.6) is 0 Å². The van der Waals surface area contributed by atoms with Crippen molar-refractivity contribution in [2.45, 2.75) is 0 Å². The second-order valence-corrected chi connectivity index (χ2v) is 2.91. The van der Waals surface area contributed by atoms with Gasteiger partial charge < -0.3 is 5.32 Å². The lowest BCUT2D eigenvalue weighted by molar-refractivity contribution is 0.628. The molecule has 2 aromatic rings. The Labute approximate surface area is 82.2 Å². The predicted octanol–water partition coefficient (Wildman–Crippen LogP) is 3.37. The number of benzene rings is 2. The number of rotatable bonds is 2. The summed E-state index contributed by atoms with van der Waals surface area (Å²) in [7, 11) is 0. The van der Waals surface area contributed by atoms with Gasteiger partial charge in [0.05, 0.1) is 0 Å². The Morgan fingerprint density at radius 1 is 1.07 bits per heavy atom. The quantitative estimate of drug-likeness (QED) is 0.758. The van der Waals surface area contributed by atoms with Gasteiger partial charge in [-0.1, -0.05) is 24.3 Å². The van der Waals surface area contributed by atoms with Gasteiger partial charge in [-0.05, 0) is 24.3 Å². The van der Waals surface area contributed by atoms with E-state index < -0.39 is 0 Å². The fourth-order valence-corrected chi connectivity index (χ4v) is 1.19. The largest absolute Gasteiger partial charge is 0.355 e. The molecule has 2 aromatic carbocycles. The van der Waals surface area contributed by atoms with Gasteiger partial charge in [0.1, 0.15) is 5.82 Å². The molecule has 0 saturated carbocycles. The fraction of sp³-hybridized carbons (Fsp3) is 0. The topological polar surface area (TPSA) is 12.0 Å². The summed E-state index contributed by atoms with van der Waals surface area (Å²) < 4.78 is 12.8. The van der Waals surface area contributed by atoms with E-state index in [0.29, 0.717) is 0 Å². The maximum absolute atomic E-state index is 12.8. The third-order valence-electron chi connectivity index (χ3n) is 1.81. The molecule has 0 fully saturated rings. The van der Waals surface area contributed by atoms with Gasteiger partial charge in [0.25, 0.3) is 0 Å². The highest BCUT2D eigenvalue weighted by atomic mass is 19.1. The number of hydrogen-bond acceptors (Lipinski definition) is 1. The van der Waals surface area contributed by atoms with Gasteiger partial charge in [-0.3, -0.25) is 0 Å². The molecule has 0 aliphatic heterocycles. The summed E-state index contributed by atoms with van der Waals surface area (Å²) in [5.41, 5.74) is 1.56. The predicted molar refractivity (Wildman–Crippen MR) is 55.0 cm³/mol. The molecule has 0 atom stereocenters. The van der Waals surface area contributed by atoms with Crippen LogP contribution in [0.2, 0.25) is 0 Å². The van der Waals surface area contributed by atoms with E-state index in [4.69, 9.17) is 0 Å². The molecule has 1 N–H and O–H groups in total. The highest BCUT2D eigenvalue weighted by Gasteiger charge is 1.94. The van der Waals surface area contributed by atoms with Crippen LogP contribution in [0, 0.1) is 11.9 Å². The standard InChI is InChI=1S/C12H9FN/c13-10-5-4-8-12(9-10)14-11-6-2-1-3-7-11/h1-6,8-9,14H. The first-order valence-electron chi connectivity index (χ1n) is 4.34. The maximum atomic E-state index is 12.8. The molecule has 0 aromatic heterocycles. The average molecular weight is 186 g/mol. The summed E-state index contributed by atoms with van der Waals surface area (Å²) in [6, 6.07) is 16.8. The molecule has 0 spiro atoms. The van der Waals surface area contributed by atoms with Crippen molar-refractivity contribution in [3.05, 3.63) is 60.4 Å². The Morgan fingerprint density at radius 3 is 2.71 bits per heavy atom. The van der Waals surface area contributed by atoms with Crippen molar-refractivity contribution in [1.29, 1.82) is 0 Å². The van der Waals surface area contributed by atoms with E-state index in [1.54, 1.807) is 6.07 Å². The molecule has 0 aliphatic carbocycles. The summed E-state index contributed by atoms with van der Waals surface area (Å²) in [4.78, 5) is 0. The zero-order chi connectivity index (χ0) is 9.80. The van der Waals surface area contributed by atoms with Gasteiger partial charge >= 0.3 is 0 Å². The Balaban J connectivity index is 2.19. The lowest BCUT2D eigenvalue weighted by Gasteiger charge is -2.04. The number of nitrogens with one attached hydrogen (secondary N) is 1. The second kappa shape index (κ2) is 3.92. The van der Waals surface area contributed by atoms with Gasteiger partial charge in [0.15, 0.2) is 0 Å². The van der Waals surface area contributed by atoms with E-state index in [0.717, 1.165) is 11.4 Å². The SMILES string of the molecule is Fc1cccc(Nc2[c]cccc2)c1. The smallest absolute Gasteiger partial charge is 0.125 e. The molecule has 69 valence electrons. The minimum absolute atomic E-state index is 0.245. The summed E-state index contributed by atoms with van der Waals surface area (Å²) in [5.74, 6) is -0.245. The Morgan fingerprint density at radius 2 is 2.00 bits per heavy atom. The molecule has 0 heterocycles. The van der Waals surface area contributed by atoms with Crippen LogP contribution in [-0.4, -0.2) is 0 Å². The van der Waals surface area contributed by atoms with Crippen LogP contribution in [0.15, 0.2) is 48.5 Å². The van der Waals surface area contributed by atoms with Crippen LogP contribution < -0.4 is 5.32 Å². The molecule has 0 bridgehead atoms. The van der Waals surface area contributed by atoms with Crippen LogP contribution in [0.25, 0.3) is 0 Å². The first-order valence-corrected chi connectivity index (χ1v) is 4.34. The summed E-state index contributed by atoms with van der Waals surface area (Å²) in [5, 5.41) is 3.05. The molecule has 0 aliphatic rings. The first-order chi connectivity index (χ1) is 6.84. The van der Waals surface area contributed by atoms with Crippen LogP contribution in [0.3, 0.4) is 0 Å². The summed E-state index contributed by atoms with van der Waals surface area (Å²) >= 11 is 0. The van der Waals surface area contributed by atoms with Crippen molar-refractivity contribution in [3.63, 3.8) is 0 Å². The Bertz CT molecular complexity index is 412. The Hall–Kier alpha value is -1.83. The van der Waals surface area contributed by atoms with Crippen molar-refractivity contribution in [1.82, 2.24) is 0 Å². The van der Waals surface area contributed by atoms with Crippen LogP contribution >= 0.6 is 0 Å². The van der Waals surface area contributed by atoms with E-state index in [2.05, 4.69) is 11.4 Å². The number of hydrogen-bond donors (Lipinski definition) is 1. The number of para-hydroxylation sites is 1. The third-order valence-corrected chi connectivity index (χ3v) is 1.81. The molecule has 2 heteroatoms. The van der Waals surface area contributed by atoms with E-state index in [9.17, 15) is 4.39 Å².